The second kappa shape index (κ2) is 26.4. The van der Waals surface area contributed by atoms with Crippen molar-refractivity contribution in [2.45, 2.75) is 32.0 Å². The van der Waals surface area contributed by atoms with Gasteiger partial charge in [-0.05, 0) is 62.1 Å². The molecule has 0 heterocycles. The Morgan fingerprint density at radius 3 is 1.44 bits per heavy atom. The summed E-state index contributed by atoms with van der Waals surface area (Å²) in [7, 11) is 0. The molecule has 8 heteroatoms. The minimum Gasteiger partial charge on any atom is -1.00 e. The van der Waals surface area contributed by atoms with Crippen LogP contribution in [-0.4, -0.2) is 36.3 Å². The summed E-state index contributed by atoms with van der Waals surface area (Å²) in [6.45, 7) is 15.7. The molecule has 0 bridgehead atoms. The molecule has 0 saturated heterocycles. The predicted molar refractivity (Wildman–Crippen MR) is 127 cm³/mol. The van der Waals surface area contributed by atoms with Crippen molar-refractivity contribution in [2.24, 2.45) is 0 Å². The summed E-state index contributed by atoms with van der Waals surface area (Å²) in [4.78, 5) is 0. The van der Waals surface area contributed by atoms with Gasteiger partial charge in [-0.3, -0.25) is 0 Å². The van der Waals surface area contributed by atoms with E-state index in [4.69, 9.17) is 4.74 Å². The smallest absolute Gasteiger partial charge is 1.00 e. The maximum absolute atomic E-state index is 12.6. The summed E-state index contributed by atoms with van der Waals surface area (Å²) >= 11 is 3.09. The Morgan fingerprint density at radius 1 is 0.844 bits per heavy atom. The Hall–Kier alpha value is -0.804. The van der Waals surface area contributed by atoms with E-state index < -0.39 is 23.3 Å². The third kappa shape index (κ3) is 23.9. The van der Waals surface area contributed by atoms with Crippen LogP contribution >= 0.6 is 15.9 Å². The minimum absolute atomic E-state index is 0. The molecule has 2 aromatic rings. The van der Waals surface area contributed by atoms with Crippen LogP contribution in [-0.2, 0) is 16.5 Å². The molecule has 0 unspecified atom stereocenters. The van der Waals surface area contributed by atoms with E-state index in [1.54, 1.807) is 6.08 Å². The maximum Gasteiger partial charge on any atom is 2.00 e. The van der Waals surface area contributed by atoms with Gasteiger partial charge in [0.25, 0.3) is 0 Å². The number of aryl methyl sites for hydroxylation is 1. The number of benzene rings is 2. The molecule has 0 amide bonds. The number of halogens is 6. The molecule has 0 fully saturated rings. The zero-order valence-corrected chi connectivity index (χ0v) is 23.2. The van der Waals surface area contributed by atoms with E-state index in [0.29, 0.717) is 22.9 Å². The van der Waals surface area contributed by atoms with Crippen LogP contribution in [0.1, 0.15) is 31.4 Å². The second-order valence-electron chi connectivity index (χ2n) is 5.59. The molecule has 2 aromatic carbocycles. The minimum atomic E-state index is -0.533. The van der Waals surface area contributed by atoms with Crippen molar-refractivity contribution in [1.82, 2.24) is 0 Å². The average Bonchev–Trinajstić information content (AvgIpc) is 2.67. The predicted octanol–water partition coefficient (Wildman–Crippen LogP) is 4.62. The van der Waals surface area contributed by atoms with Crippen LogP contribution in [0.4, 0.5) is 17.6 Å². The number of hydrogen-bond acceptors (Lipinski definition) is 1. The van der Waals surface area contributed by atoms with Crippen molar-refractivity contribution in [2.75, 3.05) is 13.2 Å². The van der Waals surface area contributed by atoms with E-state index in [9.17, 15) is 17.6 Å². The number of hydrogen-bond donors (Lipinski definition) is 0. The average molecular weight is 595 g/mol. The molecule has 0 aliphatic carbocycles. The Kier molecular flexibility index (Phi) is 31.8. The van der Waals surface area contributed by atoms with E-state index >= 15 is 0 Å². The Morgan fingerprint density at radius 2 is 1.19 bits per heavy atom. The summed E-state index contributed by atoms with van der Waals surface area (Å²) in [6, 6.07) is 6.98. The van der Waals surface area contributed by atoms with Crippen molar-refractivity contribution >= 4 is 39.0 Å². The van der Waals surface area contributed by atoms with Gasteiger partial charge in [0.05, 0.1) is 0 Å². The fraction of sp³-hybridized carbons (Fsp3) is 0.292. The fourth-order valence-electron chi connectivity index (χ4n) is 1.92. The number of rotatable bonds is 6. The molecular formula is C24H30Br2F4MgO. The van der Waals surface area contributed by atoms with Crippen LogP contribution in [0.3, 0.4) is 0 Å². The molecule has 0 atom stereocenters. The first-order valence-electron chi connectivity index (χ1n) is 9.32. The maximum atomic E-state index is 12.6. The molecule has 0 spiro atoms. The van der Waals surface area contributed by atoms with Crippen LogP contribution in [0.15, 0.2) is 61.7 Å². The zero-order valence-electron chi connectivity index (χ0n) is 18.7. The van der Waals surface area contributed by atoms with Crippen LogP contribution in [0, 0.1) is 30.2 Å². The van der Waals surface area contributed by atoms with Crippen molar-refractivity contribution in [1.29, 1.82) is 0 Å². The molecule has 0 N–H and O–H groups in total. The SMILES string of the molecule is C=CCCc1cc(F)cc(F)c1.C=C[CH2-].CCOCC.Fc1cc(F)cc(CBr)c1.[Br-].[Mg+2]. The van der Waals surface area contributed by atoms with Gasteiger partial charge in [0.1, 0.15) is 23.3 Å². The van der Waals surface area contributed by atoms with E-state index in [1.165, 1.54) is 30.3 Å². The monoisotopic (exact) mass is 592 g/mol. The topological polar surface area (TPSA) is 9.23 Å². The van der Waals surface area contributed by atoms with Gasteiger partial charge in [-0.2, -0.15) is 0 Å². The van der Waals surface area contributed by atoms with Gasteiger partial charge >= 0.3 is 23.1 Å². The molecule has 0 radical (unpaired) electrons. The first kappa shape index (κ1) is 38.5. The third-order valence-corrected chi connectivity index (χ3v) is 3.69. The van der Waals surface area contributed by atoms with E-state index in [1.807, 2.05) is 13.8 Å². The Bertz CT molecular complexity index is 689. The van der Waals surface area contributed by atoms with Crippen molar-refractivity contribution in [3.8, 4) is 0 Å². The van der Waals surface area contributed by atoms with Crippen molar-refractivity contribution in [3.63, 3.8) is 0 Å². The van der Waals surface area contributed by atoms with Gasteiger partial charge < -0.3 is 21.7 Å². The van der Waals surface area contributed by atoms with Crippen LogP contribution in [0.2, 0.25) is 0 Å². The summed E-state index contributed by atoms with van der Waals surface area (Å²) in [6.07, 6.45) is 4.60. The zero-order chi connectivity index (χ0) is 23.4. The van der Waals surface area contributed by atoms with Gasteiger partial charge in [-0.25, -0.2) is 37.1 Å². The molecule has 32 heavy (non-hydrogen) atoms. The van der Waals surface area contributed by atoms with E-state index in [-0.39, 0.29) is 40.0 Å². The molecule has 0 aromatic heterocycles. The second-order valence-corrected chi connectivity index (χ2v) is 6.15. The standard InChI is InChI=1S/C10H10F2.C7H5BrF2.C4H10O.C3H5.BrH.Mg/c1-2-3-4-8-5-9(11)7-10(12)6-8;8-4-5-1-6(9)3-7(10)2-5;1-3-5-4-2;1-3-2;;/h2,5-7H,1,3-4H2;1-3H,4H2;3-4H2,1-2H3;3H,1-2H2;1H;/q;;;-1;;+2/p-1. The Balaban J connectivity index is -0.000000178. The van der Waals surface area contributed by atoms with Gasteiger partial charge in [-0.1, -0.05) is 22.0 Å². The van der Waals surface area contributed by atoms with Gasteiger partial charge in [0.2, 0.25) is 0 Å². The normalized spacial score (nSPS) is 8.47. The summed E-state index contributed by atoms with van der Waals surface area (Å²) < 4.78 is 54.7. The molecular weight excluding hydrogens is 564 g/mol. The molecule has 0 aliphatic rings. The first-order valence-corrected chi connectivity index (χ1v) is 10.4. The number of allylic oxidation sites excluding steroid dienone is 2. The van der Waals surface area contributed by atoms with E-state index in [0.717, 1.165) is 31.8 Å². The quantitative estimate of drug-likeness (QED) is 0.156. The van der Waals surface area contributed by atoms with Gasteiger partial charge in [0, 0.05) is 30.7 Å². The summed E-state index contributed by atoms with van der Waals surface area (Å²) in [5.74, 6) is -2.10. The molecule has 176 valence electrons. The number of ether oxygens (including phenoxy) is 1. The summed E-state index contributed by atoms with van der Waals surface area (Å²) in [5, 5.41) is 0.474. The molecule has 0 aliphatic heterocycles. The largest absolute Gasteiger partial charge is 2.00 e. The summed E-state index contributed by atoms with van der Waals surface area (Å²) in [5.41, 5.74) is 1.28. The van der Waals surface area contributed by atoms with Crippen LogP contribution in [0.25, 0.3) is 0 Å². The van der Waals surface area contributed by atoms with Crippen LogP contribution in [0.5, 0.6) is 0 Å². The molecule has 1 nitrogen and oxygen atoms in total. The van der Waals surface area contributed by atoms with Gasteiger partial charge in [0.15, 0.2) is 0 Å². The van der Waals surface area contributed by atoms with Gasteiger partial charge in [-0.15, -0.1) is 6.58 Å². The third-order valence-electron chi connectivity index (χ3n) is 3.04. The van der Waals surface area contributed by atoms with Crippen molar-refractivity contribution < 1.29 is 39.3 Å². The Labute approximate surface area is 225 Å². The van der Waals surface area contributed by atoms with Crippen molar-refractivity contribution in [3.05, 3.63) is 103 Å². The molecule has 2 rings (SSSR count). The number of alkyl halides is 1. The van der Waals surface area contributed by atoms with E-state index in [2.05, 4.69) is 36.0 Å². The fourth-order valence-corrected chi connectivity index (χ4v) is 2.24. The van der Waals surface area contributed by atoms with Crippen LogP contribution < -0.4 is 17.0 Å². The first-order chi connectivity index (χ1) is 14.3. The molecule has 0 saturated carbocycles.